The first-order chi connectivity index (χ1) is 13.8. The van der Waals surface area contributed by atoms with Crippen LogP contribution in [0, 0.1) is 0 Å². The molecule has 4 heterocycles. The molecule has 0 bridgehead atoms. The van der Waals surface area contributed by atoms with Gasteiger partial charge in [-0.05, 0) is 38.7 Å². The van der Waals surface area contributed by atoms with Gasteiger partial charge >= 0.3 is 0 Å². The molecule has 0 atom stereocenters. The van der Waals surface area contributed by atoms with Crippen LogP contribution in [0.25, 0.3) is 16.7 Å². The summed E-state index contributed by atoms with van der Waals surface area (Å²) in [7, 11) is 0. The molecule has 28 heavy (non-hydrogen) atoms. The van der Waals surface area contributed by atoms with Crippen molar-refractivity contribution in [1.29, 1.82) is 0 Å². The molecule has 2 fully saturated rings. The number of pyridine rings is 1. The highest BCUT2D eigenvalue weighted by molar-refractivity contribution is 5.95. The van der Waals surface area contributed by atoms with Crippen LogP contribution in [0.2, 0.25) is 0 Å². The number of hydrogen-bond acceptors (Lipinski definition) is 6. The highest BCUT2D eigenvalue weighted by atomic mass is 16.7. The smallest absolute Gasteiger partial charge is 0.159 e. The summed E-state index contributed by atoms with van der Waals surface area (Å²) in [4.78, 5) is 10.8. The van der Waals surface area contributed by atoms with E-state index in [1.165, 1.54) is 19.3 Å². The van der Waals surface area contributed by atoms with Gasteiger partial charge in [-0.2, -0.15) is 5.10 Å². The third kappa shape index (κ3) is 3.16. The van der Waals surface area contributed by atoms with Crippen molar-refractivity contribution in [1.82, 2.24) is 20.2 Å². The molecule has 0 aromatic carbocycles. The van der Waals surface area contributed by atoms with Crippen molar-refractivity contribution in [2.45, 2.75) is 70.1 Å². The van der Waals surface area contributed by atoms with Crippen LogP contribution in [-0.4, -0.2) is 39.6 Å². The summed E-state index contributed by atoms with van der Waals surface area (Å²) in [6, 6.07) is 0.398. The molecule has 1 spiro atoms. The van der Waals surface area contributed by atoms with E-state index >= 15 is 0 Å². The van der Waals surface area contributed by atoms with E-state index in [9.17, 15) is 0 Å². The molecule has 1 saturated heterocycles. The van der Waals surface area contributed by atoms with Crippen LogP contribution >= 0.6 is 0 Å². The molecule has 2 aliphatic heterocycles. The van der Waals surface area contributed by atoms with E-state index in [-0.39, 0.29) is 5.60 Å². The Morgan fingerprint density at radius 1 is 1.21 bits per heavy atom. The number of ether oxygens (including phenoxy) is 1. The van der Waals surface area contributed by atoms with Crippen LogP contribution in [-0.2, 0) is 16.1 Å². The van der Waals surface area contributed by atoms with Gasteiger partial charge in [0, 0.05) is 37.6 Å². The Morgan fingerprint density at radius 3 is 2.82 bits per heavy atom. The lowest BCUT2D eigenvalue weighted by Crippen LogP contribution is -2.31. The fourth-order valence-electron chi connectivity index (χ4n) is 4.67. The maximum atomic E-state index is 6.09. The van der Waals surface area contributed by atoms with Gasteiger partial charge in [0.25, 0.3) is 0 Å². The molecule has 7 heteroatoms. The van der Waals surface area contributed by atoms with Crippen molar-refractivity contribution in [2.24, 2.45) is 0 Å². The SMILES string of the molecule is CCn1ncc2c(NC3CCOCC3)c(C3=CC4(CCCCC4)ON3)cnc21. The summed E-state index contributed by atoms with van der Waals surface area (Å²) in [5.41, 5.74) is 7.18. The van der Waals surface area contributed by atoms with Crippen LogP contribution in [0.15, 0.2) is 18.5 Å². The third-order valence-electron chi connectivity index (χ3n) is 6.30. The van der Waals surface area contributed by atoms with Crippen LogP contribution in [0.5, 0.6) is 0 Å². The quantitative estimate of drug-likeness (QED) is 0.840. The first-order valence-electron chi connectivity index (χ1n) is 10.6. The average molecular weight is 383 g/mol. The monoisotopic (exact) mass is 383 g/mol. The lowest BCUT2D eigenvalue weighted by molar-refractivity contribution is -0.0557. The van der Waals surface area contributed by atoms with Crippen molar-refractivity contribution in [3.05, 3.63) is 24.0 Å². The third-order valence-corrected chi connectivity index (χ3v) is 6.30. The lowest BCUT2D eigenvalue weighted by Gasteiger charge is -2.29. The molecule has 2 aromatic rings. The fourth-order valence-corrected chi connectivity index (χ4v) is 4.67. The number of hydroxylamine groups is 1. The second kappa shape index (κ2) is 7.37. The van der Waals surface area contributed by atoms with Crippen molar-refractivity contribution in [3.63, 3.8) is 0 Å². The van der Waals surface area contributed by atoms with E-state index < -0.39 is 0 Å². The fraction of sp³-hybridized carbons (Fsp3) is 0.619. The predicted octanol–water partition coefficient (Wildman–Crippen LogP) is 3.62. The zero-order valence-electron chi connectivity index (χ0n) is 16.5. The number of aryl methyl sites for hydroxylation is 1. The van der Waals surface area contributed by atoms with Gasteiger partial charge < -0.3 is 10.1 Å². The second-order valence-corrected chi connectivity index (χ2v) is 8.16. The van der Waals surface area contributed by atoms with E-state index in [4.69, 9.17) is 14.6 Å². The summed E-state index contributed by atoms with van der Waals surface area (Å²) in [6.07, 6.45) is 14.1. The molecule has 2 aromatic heterocycles. The van der Waals surface area contributed by atoms with Gasteiger partial charge in [-0.25, -0.2) is 9.67 Å². The van der Waals surface area contributed by atoms with Crippen LogP contribution in [0.3, 0.4) is 0 Å². The van der Waals surface area contributed by atoms with Crippen LogP contribution in [0.4, 0.5) is 5.69 Å². The van der Waals surface area contributed by atoms with Gasteiger partial charge in [0.1, 0.15) is 5.60 Å². The molecule has 5 rings (SSSR count). The summed E-state index contributed by atoms with van der Waals surface area (Å²) in [6.45, 7) is 4.51. The molecule has 0 amide bonds. The summed E-state index contributed by atoms with van der Waals surface area (Å²) in [5.74, 6) is 0. The number of hydrogen-bond donors (Lipinski definition) is 2. The van der Waals surface area contributed by atoms with Crippen molar-refractivity contribution < 1.29 is 9.57 Å². The lowest BCUT2D eigenvalue weighted by atomic mass is 9.84. The Morgan fingerprint density at radius 2 is 2.04 bits per heavy atom. The Hall–Kier alpha value is -2.12. The average Bonchev–Trinajstić information content (AvgIpc) is 3.34. The number of nitrogens with one attached hydrogen (secondary N) is 2. The van der Waals surface area contributed by atoms with Gasteiger partial charge in [0.2, 0.25) is 0 Å². The number of anilines is 1. The molecule has 0 unspecified atom stereocenters. The van der Waals surface area contributed by atoms with Gasteiger partial charge in [-0.15, -0.1) is 0 Å². The minimum atomic E-state index is -0.161. The van der Waals surface area contributed by atoms with E-state index in [1.54, 1.807) is 0 Å². The Labute approximate surface area is 165 Å². The maximum absolute atomic E-state index is 6.09. The van der Waals surface area contributed by atoms with E-state index in [0.29, 0.717) is 6.04 Å². The Balaban J connectivity index is 1.55. The van der Waals surface area contributed by atoms with E-state index in [0.717, 1.165) is 73.4 Å². The Bertz CT molecular complexity index is 878. The first-order valence-corrected chi connectivity index (χ1v) is 10.6. The van der Waals surface area contributed by atoms with Crippen molar-refractivity contribution in [3.8, 4) is 0 Å². The Kier molecular flexibility index (Phi) is 4.72. The first kappa shape index (κ1) is 17.9. The molecular weight excluding hydrogens is 354 g/mol. The number of fused-ring (bicyclic) bond motifs is 1. The molecule has 1 aliphatic carbocycles. The van der Waals surface area contributed by atoms with Gasteiger partial charge in [-0.3, -0.25) is 10.3 Å². The molecule has 150 valence electrons. The highest BCUT2D eigenvalue weighted by Gasteiger charge is 2.37. The standard InChI is InChI=1S/C21H29N5O2/c1-2-26-20-17(14-23-26)19(24-15-6-10-27-11-7-15)16(13-22-20)18-12-21(28-25-18)8-4-3-5-9-21/h12-15,25H,2-11H2,1H3,(H,22,24). The summed E-state index contributed by atoms with van der Waals surface area (Å²) >= 11 is 0. The van der Waals surface area contributed by atoms with E-state index in [1.807, 2.05) is 17.1 Å². The van der Waals surface area contributed by atoms with Gasteiger partial charge in [0.05, 0.1) is 23.0 Å². The zero-order chi connectivity index (χ0) is 19.0. The zero-order valence-corrected chi connectivity index (χ0v) is 16.5. The largest absolute Gasteiger partial charge is 0.381 e. The predicted molar refractivity (Wildman–Crippen MR) is 109 cm³/mol. The maximum Gasteiger partial charge on any atom is 0.159 e. The van der Waals surface area contributed by atoms with Crippen molar-refractivity contribution >= 4 is 22.4 Å². The van der Waals surface area contributed by atoms with Gasteiger partial charge in [0.15, 0.2) is 5.65 Å². The van der Waals surface area contributed by atoms with Gasteiger partial charge in [-0.1, -0.05) is 19.3 Å². The van der Waals surface area contributed by atoms with E-state index in [2.05, 4.69) is 28.9 Å². The van der Waals surface area contributed by atoms with Crippen LogP contribution < -0.4 is 10.8 Å². The molecule has 1 saturated carbocycles. The summed E-state index contributed by atoms with van der Waals surface area (Å²) < 4.78 is 7.49. The molecule has 7 nitrogen and oxygen atoms in total. The minimum Gasteiger partial charge on any atom is -0.381 e. The number of aromatic nitrogens is 3. The van der Waals surface area contributed by atoms with Crippen LogP contribution in [0.1, 0.15) is 57.4 Å². The molecule has 2 N–H and O–H groups in total. The topological polar surface area (TPSA) is 73.2 Å². The molecule has 0 radical (unpaired) electrons. The minimum absolute atomic E-state index is 0.161. The highest BCUT2D eigenvalue weighted by Crippen LogP contribution is 2.40. The molecule has 3 aliphatic rings. The number of rotatable bonds is 4. The number of nitrogens with zero attached hydrogens (tertiary/aromatic N) is 3. The molecular formula is C21H29N5O2. The summed E-state index contributed by atoms with van der Waals surface area (Å²) in [5, 5.41) is 9.39. The van der Waals surface area contributed by atoms with Crippen molar-refractivity contribution in [2.75, 3.05) is 18.5 Å². The second-order valence-electron chi connectivity index (χ2n) is 8.16. The normalized spacial score (nSPS) is 22.4.